The van der Waals surface area contributed by atoms with Gasteiger partial charge in [-0.05, 0) is 49.7 Å². The second-order valence-corrected chi connectivity index (χ2v) is 7.70. The van der Waals surface area contributed by atoms with Crippen LogP contribution in [0.1, 0.15) is 11.3 Å². The Hall–Kier alpha value is -3.16. The van der Waals surface area contributed by atoms with Crippen LogP contribution >= 0.6 is 23.2 Å². The molecule has 4 rings (SSSR count). The van der Waals surface area contributed by atoms with Crippen LogP contribution in [-0.4, -0.2) is 25.5 Å². The Morgan fingerprint density at radius 1 is 1.13 bits per heavy atom. The maximum absolute atomic E-state index is 13.1. The molecule has 4 aromatic rings. The Kier molecular flexibility index (Phi) is 5.32. The van der Waals surface area contributed by atoms with Gasteiger partial charge in [0.25, 0.3) is 5.56 Å². The summed E-state index contributed by atoms with van der Waals surface area (Å²) in [6, 6.07) is 12.2. The number of halogens is 2. The van der Waals surface area contributed by atoms with E-state index in [4.69, 9.17) is 23.2 Å². The lowest BCUT2D eigenvalue weighted by atomic mass is 10.2. The van der Waals surface area contributed by atoms with Crippen LogP contribution in [0.2, 0.25) is 10.0 Å². The molecule has 0 unspecified atom stereocenters. The number of carbonyl (C=O) groups is 1. The van der Waals surface area contributed by atoms with E-state index in [1.807, 2.05) is 13.0 Å². The molecule has 0 atom stereocenters. The number of anilines is 1. The Balaban J connectivity index is 1.70. The van der Waals surface area contributed by atoms with Crippen molar-refractivity contribution >= 4 is 45.7 Å². The molecule has 152 valence electrons. The number of aryl methyl sites for hydroxylation is 2. The highest BCUT2D eigenvalue weighted by Gasteiger charge is 2.17. The molecule has 2 heterocycles. The lowest BCUT2D eigenvalue weighted by Crippen LogP contribution is -2.31. The number of nitrogens with zero attached hydrogens (tertiary/aromatic N) is 4. The Labute approximate surface area is 181 Å². The maximum Gasteiger partial charge on any atom is 0.293 e. The fourth-order valence-electron chi connectivity index (χ4n) is 3.14. The molecule has 0 aliphatic carbocycles. The predicted octanol–water partition coefficient (Wildman–Crippen LogP) is 4.14. The zero-order chi connectivity index (χ0) is 21.4. The molecule has 0 bridgehead atoms. The topological polar surface area (TPSA) is 81.8 Å². The van der Waals surface area contributed by atoms with E-state index in [1.165, 1.54) is 4.68 Å². The van der Waals surface area contributed by atoms with E-state index in [2.05, 4.69) is 15.5 Å². The summed E-state index contributed by atoms with van der Waals surface area (Å²) in [5.74, 6) is -0.392. The van der Waals surface area contributed by atoms with Crippen molar-refractivity contribution in [2.75, 3.05) is 5.32 Å². The maximum atomic E-state index is 13.1. The standard InChI is InChI=1S/C21H17Cl2N5O2/c1-12-6-7-15(9-18(12)23)25-19(29)11-27-21(30)20-17(13(2)26-27)10-24-28(20)16-5-3-4-14(22)8-16/h3-10H,11H2,1-2H3,(H,25,29). The third-order valence-corrected chi connectivity index (χ3v) is 5.31. The third-order valence-electron chi connectivity index (χ3n) is 4.67. The first-order valence-electron chi connectivity index (χ1n) is 9.11. The van der Waals surface area contributed by atoms with Crippen LogP contribution in [0.5, 0.6) is 0 Å². The summed E-state index contributed by atoms with van der Waals surface area (Å²) in [5, 5.41) is 13.0. The van der Waals surface area contributed by atoms with Crippen molar-refractivity contribution in [3.8, 4) is 5.69 Å². The van der Waals surface area contributed by atoms with Crippen molar-refractivity contribution in [3.05, 3.63) is 80.3 Å². The molecule has 7 nitrogen and oxygen atoms in total. The van der Waals surface area contributed by atoms with Crippen LogP contribution in [0.25, 0.3) is 16.6 Å². The van der Waals surface area contributed by atoms with Gasteiger partial charge < -0.3 is 5.32 Å². The number of hydrogen-bond acceptors (Lipinski definition) is 4. The van der Waals surface area contributed by atoms with E-state index in [1.54, 1.807) is 49.5 Å². The summed E-state index contributed by atoms with van der Waals surface area (Å²) in [6.45, 7) is 3.39. The quantitative estimate of drug-likeness (QED) is 0.515. The highest BCUT2D eigenvalue weighted by Crippen LogP contribution is 2.21. The molecule has 0 aliphatic rings. The second-order valence-electron chi connectivity index (χ2n) is 6.86. The summed E-state index contributed by atoms with van der Waals surface area (Å²) in [5.41, 5.74) is 2.59. The van der Waals surface area contributed by atoms with Crippen LogP contribution in [-0.2, 0) is 11.3 Å². The molecule has 0 aliphatic heterocycles. The second kappa shape index (κ2) is 7.93. The van der Waals surface area contributed by atoms with Gasteiger partial charge in [0.15, 0.2) is 0 Å². The summed E-state index contributed by atoms with van der Waals surface area (Å²) in [7, 11) is 0. The molecule has 0 saturated heterocycles. The first-order chi connectivity index (χ1) is 14.3. The first kappa shape index (κ1) is 20.1. The summed E-state index contributed by atoms with van der Waals surface area (Å²) in [6.07, 6.45) is 1.58. The van der Waals surface area contributed by atoms with Crippen LogP contribution in [0.3, 0.4) is 0 Å². The number of fused-ring (bicyclic) bond motifs is 1. The van der Waals surface area contributed by atoms with Crippen molar-refractivity contribution in [2.24, 2.45) is 0 Å². The summed E-state index contributed by atoms with van der Waals surface area (Å²) < 4.78 is 2.64. The lowest BCUT2D eigenvalue weighted by molar-refractivity contribution is -0.117. The number of carbonyl (C=O) groups excluding carboxylic acids is 1. The number of hydrogen-bond donors (Lipinski definition) is 1. The molecular formula is C21H17Cl2N5O2. The summed E-state index contributed by atoms with van der Waals surface area (Å²) >= 11 is 12.2. The molecule has 9 heteroatoms. The van der Waals surface area contributed by atoms with Gasteiger partial charge in [-0.15, -0.1) is 0 Å². The number of benzene rings is 2. The minimum absolute atomic E-state index is 0.248. The highest BCUT2D eigenvalue weighted by atomic mass is 35.5. The fraction of sp³-hybridized carbons (Fsp3) is 0.143. The van der Waals surface area contributed by atoms with Gasteiger partial charge in [0.05, 0.1) is 17.6 Å². The lowest BCUT2D eigenvalue weighted by Gasteiger charge is -2.10. The van der Waals surface area contributed by atoms with E-state index in [9.17, 15) is 9.59 Å². The van der Waals surface area contributed by atoms with E-state index in [-0.39, 0.29) is 6.54 Å². The molecule has 0 radical (unpaired) electrons. The summed E-state index contributed by atoms with van der Waals surface area (Å²) in [4.78, 5) is 25.6. The largest absolute Gasteiger partial charge is 0.324 e. The predicted molar refractivity (Wildman–Crippen MR) is 118 cm³/mol. The molecule has 2 aromatic heterocycles. The number of rotatable bonds is 4. The van der Waals surface area contributed by atoms with Crippen LogP contribution in [0, 0.1) is 13.8 Å². The van der Waals surface area contributed by atoms with Crippen LogP contribution < -0.4 is 10.9 Å². The van der Waals surface area contributed by atoms with E-state index in [0.717, 1.165) is 10.2 Å². The van der Waals surface area contributed by atoms with Gasteiger partial charge in [-0.1, -0.05) is 35.3 Å². The third kappa shape index (κ3) is 3.81. The molecule has 1 amide bonds. The minimum Gasteiger partial charge on any atom is -0.324 e. The molecule has 2 aromatic carbocycles. The number of amides is 1. The Bertz CT molecular complexity index is 1340. The van der Waals surface area contributed by atoms with Gasteiger partial charge in [-0.2, -0.15) is 10.2 Å². The average molecular weight is 442 g/mol. The normalized spacial score (nSPS) is 11.1. The molecular weight excluding hydrogens is 425 g/mol. The van der Waals surface area contributed by atoms with Crippen LogP contribution in [0.4, 0.5) is 5.69 Å². The molecule has 30 heavy (non-hydrogen) atoms. The molecule has 0 saturated carbocycles. The van der Waals surface area contributed by atoms with Gasteiger partial charge in [0.2, 0.25) is 5.91 Å². The fourth-order valence-corrected chi connectivity index (χ4v) is 3.50. The number of aromatic nitrogens is 4. The Morgan fingerprint density at radius 2 is 1.93 bits per heavy atom. The molecule has 0 fully saturated rings. The van der Waals surface area contributed by atoms with Crippen molar-refractivity contribution in [3.63, 3.8) is 0 Å². The van der Waals surface area contributed by atoms with Crippen molar-refractivity contribution in [2.45, 2.75) is 20.4 Å². The monoisotopic (exact) mass is 441 g/mol. The van der Waals surface area contributed by atoms with Gasteiger partial charge >= 0.3 is 0 Å². The average Bonchev–Trinajstić information content (AvgIpc) is 3.15. The Morgan fingerprint density at radius 3 is 2.67 bits per heavy atom. The SMILES string of the molecule is Cc1ccc(NC(=O)Cn2nc(C)c3cnn(-c4cccc(Cl)c4)c3c2=O)cc1Cl. The van der Waals surface area contributed by atoms with Gasteiger partial charge in [0.1, 0.15) is 12.1 Å². The van der Waals surface area contributed by atoms with Crippen molar-refractivity contribution in [1.29, 1.82) is 0 Å². The van der Waals surface area contributed by atoms with E-state index < -0.39 is 11.5 Å². The molecule has 0 spiro atoms. The number of nitrogens with one attached hydrogen (secondary N) is 1. The zero-order valence-electron chi connectivity index (χ0n) is 16.2. The first-order valence-corrected chi connectivity index (χ1v) is 9.86. The van der Waals surface area contributed by atoms with Crippen molar-refractivity contribution < 1.29 is 4.79 Å². The van der Waals surface area contributed by atoms with E-state index in [0.29, 0.717) is 38.0 Å². The minimum atomic E-state index is -0.426. The van der Waals surface area contributed by atoms with E-state index >= 15 is 0 Å². The van der Waals surface area contributed by atoms with Crippen molar-refractivity contribution in [1.82, 2.24) is 19.6 Å². The highest BCUT2D eigenvalue weighted by molar-refractivity contribution is 6.31. The van der Waals surface area contributed by atoms with Gasteiger partial charge in [0, 0.05) is 21.1 Å². The van der Waals surface area contributed by atoms with Crippen LogP contribution in [0.15, 0.2) is 53.5 Å². The smallest absolute Gasteiger partial charge is 0.293 e. The molecule has 1 N–H and O–H groups in total. The zero-order valence-corrected chi connectivity index (χ0v) is 17.7. The van der Waals surface area contributed by atoms with Gasteiger partial charge in [-0.25, -0.2) is 9.36 Å². The van der Waals surface area contributed by atoms with Gasteiger partial charge in [-0.3, -0.25) is 9.59 Å².